The van der Waals surface area contributed by atoms with Gasteiger partial charge in [-0.25, -0.2) is 0 Å². The quantitative estimate of drug-likeness (QED) is 0.857. The maximum atomic E-state index is 3.67. The minimum Gasteiger partial charge on any atom is -0.310 e. The Balaban J connectivity index is 1.79. The molecule has 1 aliphatic rings. The standard InChI is InChI=1S/C18H21N/c1-14-18-10-6-5-9-17(18)12-16(13-19-14)11-15-7-3-2-4-8-15/h2-10,14,16,19H,11-13H2,1H3. The first-order valence-corrected chi connectivity index (χ1v) is 7.18. The lowest BCUT2D eigenvalue weighted by Crippen LogP contribution is -2.24. The number of fused-ring (bicyclic) bond motifs is 1. The van der Waals surface area contributed by atoms with Crippen molar-refractivity contribution in [1.82, 2.24) is 5.32 Å². The maximum absolute atomic E-state index is 3.67. The van der Waals surface area contributed by atoms with Crippen molar-refractivity contribution in [2.45, 2.75) is 25.8 Å². The lowest BCUT2D eigenvalue weighted by atomic mass is 9.91. The van der Waals surface area contributed by atoms with Gasteiger partial charge in [0.05, 0.1) is 0 Å². The Labute approximate surface area is 115 Å². The SMILES string of the molecule is CC1NCC(Cc2ccccc2)Cc2ccccc21. The highest BCUT2D eigenvalue weighted by Crippen LogP contribution is 2.25. The number of hydrogen-bond acceptors (Lipinski definition) is 1. The van der Waals surface area contributed by atoms with Crippen LogP contribution in [-0.2, 0) is 12.8 Å². The molecule has 0 radical (unpaired) electrons. The Hall–Kier alpha value is -1.60. The van der Waals surface area contributed by atoms with E-state index in [1.165, 1.54) is 23.1 Å². The molecule has 2 aromatic rings. The number of hydrogen-bond donors (Lipinski definition) is 1. The summed E-state index contributed by atoms with van der Waals surface area (Å²) in [5, 5.41) is 3.67. The summed E-state index contributed by atoms with van der Waals surface area (Å²) in [6.45, 7) is 3.37. The Morgan fingerprint density at radius 3 is 2.58 bits per heavy atom. The summed E-state index contributed by atoms with van der Waals surface area (Å²) in [7, 11) is 0. The predicted molar refractivity (Wildman–Crippen MR) is 80.2 cm³/mol. The van der Waals surface area contributed by atoms with Gasteiger partial charge in [-0.3, -0.25) is 0 Å². The first kappa shape index (κ1) is 12.4. The average Bonchev–Trinajstić information content (AvgIpc) is 2.60. The van der Waals surface area contributed by atoms with Crippen LogP contribution >= 0.6 is 0 Å². The minimum atomic E-state index is 0.469. The third-order valence-corrected chi connectivity index (χ3v) is 4.11. The van der Waals surface area contributed by atoms with Gasteiger partial charge in [0, 0.05) is 6.04 Å². The van der Waals surface area contributed by atoms with Crippen LogP contribution in [0.1, 0.15) is 29.7 Å². The van der Waals surface area contributed by atoms with Crippen LogP contribution in [-0.4, -0.2) is 6.54 Å². The van der Waals surface area contributed by atoms with Crippen LogP contribution in [0.4, 0.5) is 0 Å². The molecule has 0 bridgehead atoms. The molecule has 0 spiro atoms. The van der Waals surface area contributed by atoms with Gasteiger partial charge in [0.15, 0.2) is 0 Å². The molecule has 0 saturated carbocycles. The maximum Gasteiger partial charge on any atom is 0.0294 e. The van der Waals surface area contributed by atoms with Gasteiger partial charge in [-0.1, -0.05) is 54.6 Å². The van der Waals surface area contributed by atoms with Crippen LogP contribution in [0.3, 0.4) is 0 Å². The van der Waals surface area contributed by atoms with Crippen LogP contribution in [0.2, 0.25) is 0 Å². The summed E-state index contributed by atoms with van der Waals surface area (Å²) in [5.74, 6) is 0.688. The van der Waals surface area contributed by atoms with E-state index in [2.05, 4.69) is 66.8 Å². The van der Waals surface area contributed by atoms with Crippen LogP contribution in [0.5, 0.6) is 0 Å². The molecule has 1 heteroatoms. The van der Waals surface area contributed by atoms with Crippen LogP contribution in [0.15, 0.2) is 54.6 Å². The third kappa shape index (κ3) is 2.87. The van der Waals surface area contributed by atoms with Gasteiger partial charge in [0.2, 0.25) is 0 Å². The highest BCUT2D eigenvalue weighted by atomic mass is 14.9. The molecule has 1 aliphatic heterocycles. The fourth-order valence-electron chi connectivity index (χ4n) is 3.07. The van der Waals surface area contributed by atoms with E-state index in [4.69, 9.17) is 0 Å². The molecule has 0 fully saturated rings. The third-order valence-electron chi connectivity index (χ3n) is 4.11. The Kier molecular flexibility index (Phi) is 3.65. The highest BCUT2D eigenvalue weighted by Gasteiger charge is 2.20. The summed E-state index contributed by atoms with van der Waals surface area (Å²) < 4.78 is 0. The average molecular weight is 251 g/mol. The van der Waals surface area contributed by atoms with Crippen LogP contribution < -0.4 is 5.32 Å². The van der Waals surface area contributed by atoms with Crippen molar-refractivity contribution in [2.75, 3.05) is 6.54 Å². The normalized spacial score (nSPS) is 22.6. The molecule has 2 unspecified atom stereocenters. The molecular formula is C18H21N. The van der Waals surface area contributed by atoms with E-state index in [-0.39, 0.29) is 0 Å². The summed E-state index contributed by atoms with van der Waals surface area (Å²) in [4.78, 5) is 0. The number of rotatable bonds is 2. The molecule has 2 aromatic carbocycles. The van der Waals surface area contributed by atoms with Gasteiger partial charge in [0.25, 0.3) is 0 Å². The van der Waals surface area contributed by atoms with Gasteiger partial charge >= 0.3 is 0 Å². The topological polar surface area (TPSA) is 12.0 Å². The van der Waals surface area contributed by atoms with Crippen molar-refractivity contribution in [1.29, 1.82) is 0 Å². The molecule has 1 heterocycles. The Bertz CT molecular complexity index is 532. The van der Waals surface area contributed by atoms with Gasteiger partial charge in [-0.15, -0.1) is 0 Å². The van der Waals surface area contributed by atoms with Crippen molar-refractivity contribution in [3.05, 3.63) is 71.3 Å². The van der Waals surface area contributed by atoms with E-state index in [1.807, 2.05) is 0 Å². The lowest BCUT2D eigenvalue weighted by Gasteiger charge is -2.15. The summed E-state index contributed by atoms with van der Waals surface area (Å²) in [6.07, 6.45) is 2.34. The summed E-state index contributed by atoms with van der Waals surface area (Å²) >= 11 is 0. The summed E-state index contributed by atoms with van der Waals surface area (Å²) in [6, 6.07) is 20.2. The molecule has 0 saturated heterocycles. The molecule has 2 atom stereocenters. The second-order valence-corrected chi connectivity index (χ2v) is 5.59. The van der Waals surface area contributed by atoms with E-state index in [9.17, 15) is 0 Å². The fraction of sp³-hybridized carbons (Fsp3) is 0.333. The smallest absolute Gasteiger partial charge is 0.0294 e. The fourth-order valence-corrected chi connectivity index (χ4v) is 3.07. The molecule has 1 nitrogen and oxygen atoms in total. The zero-order chi connectivity index (χ0) is 13.1. The van der Waals surface area contributed by atoms with Crippen molar-refractivity contribution in [3.63, 3.8) is 0 Å². The summed E-state index contributed by atoms with van der Waals surface area (Å²) in [5.41, 5.74) is 4.43. The minimum absolute atomic E-state index is 0.469. The van der Waals surface area contributed by atoms with Crippen molar-refractivity contribution in [3.8, 4) is 0 Å². The molecule has 0 aliphatic carbocycles. The monoisotopic (exact) mass is 251 g/mol. The molecule has 0 aromatic heterocycles. The van der Waals surface area contributed by atoms with Gasteiger partial charge < -0.3 is 5.32 Å². The van der Waals surface area contributed by atoms with Crippen molar-refractivity contribution >= 4 is 0 Å². The first-order chi connectivity index (χ1) is 9.33. The van der Waals surface area contributed by atoms with E-state index >= 15 is 0 Å². The highest BCUT2D eigenvalue weighted by molar-refractivity contribution is 5.31. The number of nitrogens with one attached hydrogen (secondary N) is 1. The van der Waals surface area contributed by atoms with E-state index < -0.39 is 0 Å². The largest absolute Gasteiger partial charge is 0.310 e. The molecule has 19 heavy (non-hydrogen) atoms. The van der Waals surface area contributed by atoms with E-state index in [1.54, 1.807) is 0 Å². The van der Waals surface area contributed by atoms with Crippen molar-refractivity contribution in [2.24, 2.45) is 5.92 Å². The van der Waals surface area contributed by atoms with Crippen molar-refractivity contribution < 1.29 is 0 Å². The molecule has 1 N–H and O–H groups in total. The molecular weight excluding hydrogens is 230 g/mol. The second-order valence-electron chi connectivity index (χ2n) is 5.59. The van der Waals surface area contributed by atoms with E-state index in [0.29, 0.717) is 12.0 Å². The molecule has 3 rings (SSSR count). The predicted octanol–water partition coefficient (Wildman–Crippen LogP) is 3.75. The number of benzene rings is 2. The second kappa shape index (κ2) is 5.58. The van der Waals surface area contributed by atoms with Gasteiger partial charge in [0.1, 0.15) is 0 Å². The van der Waals surface area contributed by atoms with Crippen LogP contribution in [0, 0.1) is 5.92 Å². The van der Waals surface area contributed by atoms with Gasteiger partial charge in [-0.05, 0) is 48.9 Å². The van der Waals surface area contributed by atoms with Crippen LogP contribution in [0.25, 0.3) is 0 Å². The lowest BCUT2D eigenvalue weighted by molar-refractivity contribution is 0.461. The zero-order valence-corrected chi connectivity index (χ0v) is 11.5. The van der Waals surface area contributed by atoms with E-state index in [0.717, 1.165) is 13.0 Å². The molecule has 98 valence electrons. The zero-order valence-electron chi connectivity index (χ0n) is 11.5. The Morgan fingerprint density at radius 2 is 1.74 bits per heavy atom. The Morgan fingerprint density at radius 1 is 1.00 bits per heavy atom. The molecule has 0 amide bonds. The first-order valence-electron chi connectivity index (χ1n) is 7.18. The van der Waals surface area contributed by atoms with Gasteiger partial charge in [-0.2, -0.15) is 0 Å².